The summed E-state index contributed by atoms with van der Waals surface area (Å²) in [5, 5.41) is 0. The van der Waals surface area contributed by atoms with E-state index in [1.165, 1.54) is 11.1 Å². The van der Waals surface area contributed by atoms with Crippen molar-refractivity contribution < 1.29 is 8.42 Å². The van der Waals surface area contributed by atoms with E-state index >= 15 is 0 Å². The van der Waals surface area contributed by atoms with Crippen molar-refractivity contribution in [2.24, 2.45) is 0 Å². The Bertz CT molecular complexity index is 1160. The number of nitrogens with zero attached hydrogens (tertiary/aromatic N) is 1. The lowest BCUT2D eigenvalue weighted by atomic mass is 9.87. The van der Waals surface area contributed by atoms with Gasteiger partial charge in [0.15, 0.2) is 14.7 Å². The maximum Gasteiger partial charge on any atom is 0.166 e. The van der Waals surface area contributed by atoms with Crippen LogP contribution in [0.4, 0.5) is 5.69 Å². The summed E-state index contributed by atoms with van der Waals surface area (Å²) in [5.41, 5.74) is 4.15. The van der Waals surface area contributed by atoms with Gasteiger partial charge in [0, 0.05) is 6.26 Å². The summed E-state index contributed by atoms with van der Waals surface area (Å²) in [6.45, 7) is 15.2. The van der Waals surface area contributed by atoms with Crippen molar-refractivity contribution in [1.82, 2.24) is 0 Å². The molecule has 0 unspecified atom stereocenters. The highest BCUT2D eigenvalue weighted by Crippen LogP contribution is 2.41. The number of benzene rings is 3. The minimum Gasteiger partial charge on any atom is -0.573 e. The molecule has 0 heterocycles. The Kier molecular flexibility index (Phi) is 7.07. The Morgan fingerprint density at radius 2 is 1.12 bits per heavy atom. The van der Waals surface area contributed by atoms with E-state index in [2.05, 4.69) is 94.8 Å². The summed E-state index contributed by atoms with van der Waals surface area (Å²) >= 11 is 0. The third-order valence-corrected chi connectivity index (χ3v) is 8.31. The van der Waals surface area contributed by atoms with E-state index in [1.807, 2.05) is 25.1 Å². The summed E-state index contributed by atoms with van der Waals surface area (Å²) < 4.78 is 28.3. The van der Waals surface area contributed by atoms with Crippen molar-refractivity contribution in [3.63, 3.8) is 0 Å². The van der Waals surface area contributed by atoms with E-state index in [0.717, 1.165) is 26.5 Å². The predicted octanol–water partition coefficient (Wildman–Crippen LogP) is 7.65. The van der Waals surface area contributed by atoms with Gasteiger partial charge >= 0.3 is 0 Å². The molecule has 0 spiro atoms. The molecular formula is C28H35NO2S2. The van der Waals surface area contributed by atoms with Crippen molar-refractivity contribution in [1.29, 1.82) is 0 Å². The van der Waals surface area contributed by atoms with Gasteiger partial charge in [0.25, 0.3) is 0 Å². The molecule has 3 nitrogen and oxygen atoms in total. The largest absolute Gasteiger partial charge is 0.573 e. The third kappa shape index (κ3) is 6.42. The number of sulfonamides is 1. The van der Waals surface area contributed by atoms with Crippen LogP contribution < -0.4 is 0 Å². The van der Waals surface area contributed by atoms with Crippen molar-refractivity contribution >= 4 is 26.6 Å². The first-order valence-corrected chi connectivity index (χ1v) is 14.2. The average molecular weight is 482 g/mol. The van der Waals surface area contributed by atoms with E-state index in [-0.39, 0.29) is 10.8 Å². The molecule has 176 valence electrons. The summed E-state index contributed by atoms with van der Waals surface area (Å²) in [4.78, 5) is 3.19. The zero-order chi connectivity index (χ0) is 24.6. The van der Waals surface area contributed by atoms with Crippen LogP contribution in [0.2, 0.25) is 0 Å². The van der Waals surface area contributed by atoms with Crippen LogP contribution in [0, 0.1) is 6.92 Å². The van der Waals surface area contributed by atoms with Crippen LogP contribution >= 0.6 is 0 Å². The molecule has 0 aromatic heterocycles. The molecule has 0 aliphatic carbocycles. The zero-order valence-electron chi connectivity index (χ0n) is 20.9. The molecule has 0 N–H and O–H groups in total. The van der Waals surface area contributed by atoms with Gasteiger partial charge in [-0.05, 0) is 59.2 Å². The number of hydrogen-bond acceptors (Lipinski definition) is 2. The van der Waals surface area contributed by atoms with E-state index in [4.69, 9.17) is 0 Å². The van der Waals surface area contributed by atoms with Crippen LogP contribution in [0.5, 0.6) is 0 Å². The van der Waals surface area contributed by atoms with Gasteiger partial charge in [0.2, 0.25) is 0 Å². The lowest BCUT2D eigenvalue weighted by molar-refractivity contribution is 0.589. The van der Waals surface area contributed by atoms with Crippen LogP contribution in [0.15, 0.2) is 81.4 Å². The SMILES string of the molecule is Cc1ccc([S+](c2ccc(C(C)(C)C)cc2)c2ccc(C(C)(C)C)cc2)c([N-]S(C)(=O)=O)c1. The molecule has 0 amide bonds. The molecule has 0 fully saturated rings. The van der Waals surface area contributed by atoms with Gasteiger partial charge in [0.05, 0.1) is 20.9 Å². The van der Waals surface area contributed by atoms with Gasteiger partial charge in [-0.25, -0.2) is 8.42 Å². The van der Waals surface area contributed by atoms with Crippen molar-refractivity contribution in [3.8, 4) is 0 Å². The molecule has 3 rings (SSSR count). The van der Waals surface area contributed by atoms with E-state index in [1.54, 1.807) is 0 Å². The molecule has 3 aromatic carbocycles. The fourth-order valence-corrected chi connectivity index (χ4v) is 6.30. The Hall–Kier alpha value is -2.24. The van der Waals surface area contributed by atoms with Crippen LogP contribution in [-0.4, -0.2) is 14.7 Å². The van der Waals surface area contributed by atoms with Crippen LogP contribution in [0.3, 0.4) is 0 Å². The zero-order valence-corrected chi connectivity index (χ0v) is 22.6. The van der Waals surface area contributed by atoms with Crippen molar-refractivity contribution in [3.05, 3.63) is 88.1 Å². The monoisotopic (exact) mass is 481 g/mol. The van der Waals surface area contributed by atoms with Crippen LogP contribution in [0.25, 0.3) is 4.72 Å². The van der Waals surface area contributed by atoms with Gasteiger partial charge in [-0.2, -0.15) is 0 Å². The molecule has 0 radical (unpaired) electrons. The summed E-state index contributed by atoms with van der Waals surface area (Å²) in [5.74, 6) is 0. The molecule has 33 heavy (non-hydrogen) atoms. The van der Waals surface area contributed by atoms with Crippen molar-refractivity contribution in [2.75, 3.05) is 6.26 Å². The lowest BCUT2D eigenvalue weighted by Gasteiger charge is -2.24. The van der Waals surface area contributed by atoms with Gasteiger partial charge in [-0.1, -0.05) is 89.2 Å². The highest BCUT2D eigenvalue weighted by Gasteiger charge is 2.31. The smallest absolute Gasteiger partial charge is 0.166 e. The van der Waals surface area contributed by atoms with Crippen LogP contribution in [-0.2, 0) is 31.7 Å². The summed E-state index contributed by atoms with van der Waals surface area (Å²) in [6.07, 6.45) is 1.15. The molecular weight excluding hydrogens is 446 g/mol. The fourth-order valence-electron chi connectivity index (χ4n) is 3.62. The highest BCUT2D eigenvalue weighted by molar-refractivity contribution is 7.97. The molecule has 0 aliphatic rings. The Morgan fingerprint density at radius 3 is 1.48 bits per heavy atom. The first kappa shape index (κ1) is 25.4. The summed E-state index contributed by atoms with van der Waals surface area (Å²) in [7, 11) is -4.03. The highest BCUT2D eigenvalue weighted by atomic mass is 32.2. The van der Waals surface area contributed by atoms with E-state index in [0.29, 0.717) is 5.69 Å². The number of hydrogen-bond donors (Lipinski definition) is 0. The standard InChI is InChI=1S/C28H35NO2S2/c1-20-9-18-26(25(19-20)29-33(8,30)31)32(23-14-10-21(11-15-23)27(2,3)4)24-16-12-22(13-17-24)28(5,6)7/h9-19H,1-8H3. The Morgan fingerprint density at radius 1 is 0.697 bits per heavy atom. The van der Waals surface area contributed by atoms with Gasteiger partial charge < -0.3 is 4.72 Å². The first-order valence-electron chi connectivity index (χ1n) is 11.1. The van der Waals surface area contributed by atoms with Gasteiger partial charge in [-0.3, -0.25) is 0 Å². The lowest BCUT2D eigenvalue weighted by Crippen LogP contribution is -2.13. The summed E-state index contributed by atoms with van der Waals surface area (Å²) in [6, 6.07) is 23.3. The molecule has 0 aliphatic heterocycles. The molecule has 0 saturated carbocycles. The topological polar surface area (TPSA) is 48.2 Å². The van der Waals surface area contributed by atoms with Gasteiger partial charge in [-0.15, -0.1) is 0 Å². The molecule has 0 bridgehead atoms. The molecule has 3 aromatic rings. The average Bonchev–Trinajstić information content (AvgIpc) is 2.68. The number of rotatable bonds is 5. The molecule has 0 atom stereocenters. The predicted molar refractivity (Wildman–Crippen MR) is 141 cm³/mol. The minimum absolute atomic E-state index is 0.0616. The first-order chi connectivity index (χ1) is 15.1. The second-order valence-corrected chi connectivity index (χ2v) is 14.3. The number of aryl methyl sites for hydroxylation is 1. The van der Waals surface area contributed by atoms with Gasteiger partial charge in [0.1, 0.15) is 0 Å². The van der Waals surface area contributed by atoms with E-state index < -0.39 is 20.9 Å². The third-order valence-electron chi connectivity index (χ3n) is 5.51. The Labute approximate surface area is 203 Å². The normalized spacial score (nSPS) is 12.8. The fraction of sp³-hybridized carbons (Fsp3) is 0.357. The van der Waals surface area contributed by atoms with Crippen molar-refractivity contribution in [2.45, 2.75) is 74.0 Å². The Balaban J connectivity index is 2.21. The maximum absolute atomic E-state index is 12.1. The second-order valence-electron chi connectivity index (χ2n) is 10.7. The molecule has 5 heteroatoms. The van der Waals surface area contributed by atoms with E-state index in [9.17, 15) is 8.42 Å². The minimum atomic E-state index is -3.54. The van der Waals surface area contributed by atoms with Crippen LogP contribution in [0.1, 0.15) is 58.2 Å². The second kappa shape index (κ2) is 9.19. The quantitative estimate of drug-likeness (QED) is 0.351. The maximum atomic E-state index is 12.1. The molecule has 0 saturated heterocycles.